The van der Waals surface area contributed by atoms with Gasteiger partial charge in [-0.3, -0.25) is 0 Å². The van der Waals surface area contributed by atoms with Crippen molar-refractivity contribution in [3.8, 4) is 5.75 Å². The Hall–Kier alpha value is -1.88. The second kappa shape index (κ2) is 7.05. The Morgan fingerprint density at radius 2 is 1.90 bits per heavy atom. The summed E-state index contributed by atoms with van der Waals surface area (Å²) in [6.07, 6.45) is 0. The third-order valence-corrected chi connectivity index (χ3v) is 3.13. The van der Waals surface area contributed by atoms with E-state index in [0.717, 1.165) is 5.56 Å². The van der Waals surface area contributed by atoms with E-state index in [1.807, 2.05) is 30.3 Å². The SMILES string of the molecule is O=C(COc1ccc(Br)c(F)c1)OCc1ccccc1. The van der Waals surface area contributed by atoms with E-state index in [1.54, 1.807) is 6.07 Å². The number of carbonyl (C=O) groups excluding carboxylic acids is 1. The molecular weight excluding hydrogens is 327 g/mol. The van der Waals surface area contributed by atoms with Gasteiger partial charge in [0.05, 0.1) is 4.47 Å². The molecule has 3 nitrogen and oxygen atoms in total. The number of esters is 1. The fourth-order valence-corrected chi connectivity index (χ4v) is 1.74. The summed E-state index contributed by atoms with van der Waals surface area (Å²) in [7, 11) is 0. The average molecular weight is 339 g/mol. The van der Waals surface area contributed by atoms with Gasteiger partial charge in [-0.15, -0.1) is 0 Å². The lowest BCUT2D eigenvalue weighted by Crippen LogP contribution is -2.14. The smallest absolute Gasteiger partial charge is 0.344 e. The summed E-state index contributed by atoms with van der Waals surface area (Å²) in [5, 5.41) is 0. The summed E-state index contributed by atoms with van der Waals surface area (Å²) >= 11 is 3.04. The number of ether oxygens (including phenoxy) is 2. The highest BCUT2D eigenvalue weighted by Crippen LogP contribution is 2.20. The Labute approximate surface area is 124 Å². The number of benzene rings is 2. The van der Waals surface area contributed by atoms with Crippen LogP contribution in [-0.4, -0.2) is 12.6 Å². The Kier molecular flexibility index (Phi) is 5.12. The van der Waals surface area contributed by atoms with Gasteiger partial charge in [0.2, 0.25) is 0 Å². The molecule has 0 aromatic heterocycles. The first-order valence-corrected chi connectivity index (χ1v) is 6.72. The topological polar surface area (TPSA) is 35.5 Å². The van der Waals surface area contributed by atoms with Gasteiger partial charge in [-0.25, -0.2) is 9.18 Å². The van der Waals surface area contributed by atoms with Crippen LogP contribution in [0.15, 0.2) is 53.0 Å². The van der Waals surface area contributed by atoms with Crippen LogP contribution in [0.25, 0.3) is 0 Å². The molecule has 0 amide bonds. The Morgan fingerprint density at radius 1 is 1.15 bits per heavy atom. The van der Waals surface area contributed by atoms with E-state index < -0.39 is 11.8 Å². The van der Waals surface area contributed by atoms with E-state index in [2.05, 4.69) is 15.9 Å². The summed E-state index contributed by atoms with van der Waals surface area (Å²) in [5.74, 6) is -0.667. The molecule has 0 spiro atoms. The molecule has 20 heavy (non-hydrogen) atoms. The van der Waals surface area contributed by atoms with Crippen molar-refractivity contribution in [1.29, 1.82) is 0 Å². The summed E-state index contributed by atoms with van der Waals surface area (Å²) in [5.41, 5.74) is 0.899. The van der Waals surface area contributed by atoms with E-state index in [9.17, 15) is 9.18 Å². The van der Waals surface area contributed by atoms with Crippen LogP contribution in [0.1, 0.15) is 5.56 Å². The molecule has 0 heterocycles. The summed E-state index contributed by atoms with van der Waals surface area (Å²) < 4.78 is 23.8. The molecule has 0 unspecified atom stereocenters. The third kappa shape index (κ3) is 4.35. The molecule has 2 rings (SSSR count). The lowest BCUT2D eigenvalue weighted by Gasteiger charge is -2.07. The van der Waals surface area contributed by atoms with Crippen LogP contribution in [-0.2, 0) is 16.1 Å². The maximum atomic E-state index is 13.2. The predicted octanol–water partition coefficient (Wildman–Crippen LogP) is 3.71. The molecule has 104 valence electrons. The standard InChI is InChI=1S/C15H12BrFO3/c16-13-7-6-12(8-14(13)17)19-10-15(18)20-9-11-4-2-1-3-5-11/h1-8H,9-10H2. The molecule has 2 aromatic rings. The zero-order valence-electron chi connectivity index (χ0n) is 10.5. The molecule has 0 saturated heterocycles. The van der Waals surface area contributed by atoms with E-state index in [1.165, 1.54) is 12.1 Å². The molecule has 0 atom stereocenters. The minimum absolute atomic E-state index is 0.192. The molecule has 0 aliphatic heterocycles. The van der Waals surface area contributed by atoms with Gasteiger partial charge >= 0.3 is 5.97 Å². The van der Waals surface area contributed by atoms with Crippen molar-refractivity contribution in [1.82, 2.24) is 0 Å². The van der Waals surface area contributed by atoms with Gasteiger partial charge in [0.25, 0.3) is 0 Å². The Bertz CT molecular complexity index is 587. The fraction of sp³-hybridized carbons (Fsp3) is 0.133. The predicted molar refractivity (Wildman–Crippen MR) is 75.8 cm³/mol. The number of carbonyl (C=O) groups is 1. The molecule has 5 heteroatoms. The molecule has 0 aliphatic carbocycles. The average Bonchev–Trinajstić information content (AvgIpc) is 2.47. The van der Waals surface area contributed by atoms with Gasteiger partial charge < -0.3 is 9.47 Å². The molecule has 0 fully saturated rings. The van der Waals surface area contributed by atoms with E-state index >= 15 is 0 Å². The summed E-state index contributed by atoms with van der Waals surface area (Å²) in [6, 6.07) is 13.6. The molecule has 2 aromatic carbocycles. The maximum Gasteiger partial charge on any atom is 0.344 e. The van der Waals surface area contributed by atoms with Crippen LogP contribution in [0.2, 0.25) is 0 Å². The summed E-state index contributed by atoms with van der Waals surface area (Å²) in [4.78, 5) is 11.5. The van der Waals surface area contributed by atoms with E-state index in [0.29, 0.717) is 4.47 Å². The fourth-order valence-electron chi connectivity index (χ4n) is 1.49. The monoisotopic (exact) mass is 338 g/mol. The molecular formula is C15H12BrFO3. The highest BCUT2D eigenvalue weighted by Gasteiger charge is 2.06. The molecule has 0 aliphatic rings. The van der Waals surface area contributed by atoms with Gasteiger partial charge in [0.15, 0.2) is 6.61 Å². The first-order chi connectivity index (χ1) is 9.65. The van der Waals surface area contributed by atoms with Crippen molar-refractivity contribution < 1.29 is 18.7 Å². The van der Waals surface area contributed by atoms with E-state index in [4.69, 9.17) is 9.47 Å². The normalized spacial score (nSPS) is 10.1. The van der Waals surface area contributed by atoms with Crippen molar-refractivity contribution in [2.24, 2.45) is 0 Å². The van der Waals surface area contributed by atoms with Crippen LogP contribution < -0.4 is 4.74 Å². The van der Waals surface area contributed by atoms with Crippen molar-refractivity contribution in [2.45, 2.75) is 6.61 Å². The molecule has 0 bridgehead atoms. The highest BCUT2D eigenvalue weighted by molar-refractivity contribution is 9.10. The van der Waals surface area contributed by atoms with Gasteiger partial charge in [-0.2, -0.15) is 0 Å². The second-order valence-corrected chi connectivity index (χ2v) is 4.87. The van der Waals surface area contributed by atoms with Crippen molar-refractivity contribution in [2.75, 3.05) is 6.61 Å². The number of hydrogen-bond donors (Lipinski definition) is 0. The maximum absolute atomic E-state index is 13.2. The van der Waals surface area contributed by atoms with Gasteiger partial charge in [0, 0.05) is 6.07 Å². The van der Waals surface area contributed by atoms with E-state index in [-0.39, 0.29) is 19.0 Å². The van der Waals surface area contributed by atoms with Gasteiger partial charge in [-0.05, 0) is 33.6 Å². The lowest BCUT2D eigenvalue weighted by molar-refractivity contribution is -0.147. The van der Waals surface area contributed by atoms with Crippen LogP contribution >= 0.6 is 15.9 Å². The Morgan fingerprint density at radius 3 is 2.60 bits per heavy atom. The van der Waals surface area contributed by atoms with Crippen LogP contribution in [0, 0.1) is 5.82 Å². The largest absolute Gasteiger partial charge is 0.482 e. The minimum atomic E-state index is -0.503. The zero-order chi connectivity index (χ0) is 14.4. The highest BCUT2D eigenvalue weighted by atomic mass is 79.9. The van der Waals surface area contributed by atoms with Crippen LogP contribution in [0.3, 0.4) is 0 Å². The van der Waals surface area contributed by atoms with Crippen LogP contribution in [0.5, 0.6) is 5.75 Å². The first-order valence-electron chi connectivity index (χ1n) is 5.92. The zero-order valence-corrected chi connectivity index (χ0v) is 12.1. The number of rotatable bonds is 5. The molecule has 0 N–H and O–H groups in total. The molecule has 0 saturated carbocycles. The van der Waals surface area contributed by atoms with Crippen LogP contribution in [0.4, 0.5) is 4.39 Å². The lowest BCUT2D eigenvalue weighted by atomic mass is 10.2. The quantitative estimate of drug-likeness (QED) is 0.779. The minimum Gasteiger partial charge on any atom is -0.482 e. The number of halogens is 2. The van der Waals surface area contributed by atoms with Gasteiger partial charge in [0.1, 0.15) is 18.2 Å². The second-order valence-electron chi connectivity index (χ2n) is 4.01. The molecule has 0 radical (unpaired) electrons. The van der Waals surface area contributed by atoms with Crippen molar-refractivity contribution in [3.63, 3.8) is 0 Å². The number of hydrogen-bond acceptors (Lipinski definition) is 3. The van der Waals surface area contributed by atoms with Crippen molar-refractivity contribution >= 4 is 21.9 Å². The summed E-state index contributed by atoms with van der Waals surface area (Å²) in [6.45, 7) is -0.0639. The first kappa shape index (κ1) is 14.5. The van der Waals surface area contributed by atoms with Crippen molar-refractivity contribution in [3.05, 3.63) is 64.4 Å². The third-order valence-electron chi connectivity index (χ3n) is 2.49. The van der Waals surface area contributed by atoms with Gasteiger partial charge in [-0.1, -0.05) is 30.3 Å². The Balaban J connectivity index is 1.79.